The molecule has 0 aliphatic rings. The molecule has 6 heteroatoms. The molecule has 0 saturated heterocycles. The van der Waals surface area contributed by atoms with E-state index in [2.05, 4.69) is 5.32 Å². The Kier molecular flexibility index (Phi) is 5.69. The highest BCUT2D eigenvalue weighted by molar-refractivity contribution is 7.12. The normalized spacial score (nSPS) is 9.77. The van der Waals surface area contributed by atoms with Crippen molar-refractivity contribution in [2.75, 3.05) is 11.9 Å². The van der Waals surface area contributed by atoms with Crippen LogP contribution in [0.1, 0.15) is 32.9 Å². The Hall–Kier alpha value is -2.65. The lowest BCUT2D eigenvalue weighted by Gasteiger charge is -2.06. The van der Waals surface area contributed by atoms with Crippen LogP contribution in [0.15, 0.2) is 41.8 Å². The van der Waals surface area contributed by atoms with E-state index in [4.69, 9.17) is 10.00 Å². The number of carbonyl (C=O) groups is 2. The SMILES string of the molecule is N#CCCCOC(=O)c1ccc(NC(=O)c2cccs2)cc1. The molecule has 0 unspecified atom stereocenters. The molecule has 0 saturated carbocycles. The first kappa shape index (κ1) is 15.7. The van der Waals surface area contributed by atoms with E-state index in [1.165, 1.54) is 11.3 Å². The number of nitrogens with one attached hydrogen (secondary N) is 1. The monoisotopic (exact) mass is 314 g/mol. The van der Waals surface area contributed by atoms with Crippen molar-refractivity contribution in [1.29, 1.82) is 5.26 Å². The van der Waals surface area contributed by atoms with Crippen LogP contribution in [-0.4, -0.2) is 18.5 Å². The Morgan fingerprint density at radius 1 is 1.23 bits per heavy atom. The molecule has 1 aromatic heterocycles. The molecule has 1 heterocycles. The molecular formula is C16H14N2O3S. The minimum atomic E-state index is -0.436. The van der Waals surface area contributed by atoms with E-state index < -0.39 is 5.97 Å². The minimum absolute atomic E-state index is 0.179. The van der Waals surface area contributed by atoms with Crippen LogP contribution in [0.2, 0.25) is 0 Å². The van der Waals surface area contributed by atoms with Gasteiger partial charge in [-0.25, -0.2) is 4.79 Å². The van der Waals surface area contributed by atoms with Crippen molar-refractivity contribution in [3.05, 3.63) is 52.2 Å². The number of thiophene rings is 1. The van der Waals surface area contributed by atoms with Gasteiger partial charge in [-0.2, -0.15) is 5.26 Å². The van der Waals surface area contributed by atoms with Gasteiger partial charge in [0, 0.05) is 12.1 Å². The Morgan fingerprint density at radius 2 is 2.00 bits per heavy atom. The highest BCUT2D eigenvalue weighted by Crippen LogP contribution is 2.14. The molecule has 0 bridgehead atoms. The third-order valence-electron chi connectivity index (χ3n) is 2.79. The second kappa shape index (κ2) is 7.96. The second-order valence-electron chi connectivity index (χ2n) is 4.41. The van der Waals surface area contributed by atoms with Crippen LogP contribution in [0.25, 0.3) is 0 Å². The largest absolute Gasteiger partial charge is 0.462 e. The van der Waals surface area contributed by atoms with Gasteiger partial charge < -0.3 is 10.1 Å². The van der Waals surface area contributed by atoms with Crippen molar-refractivity contribution in [3.63, 3.8) is 0 Å². The smallest absolute Gasteiger partial charge is 0.338 e. The maximum Gasteiger partial charge on any atom is 0.338 e. The fourth-order valence-electron chi connectivity index (χ4n) is 1.69. The summed E-state index contributed by atoms with van der Waals surface area (Å²) in [6, 6.07) is 12.0. The van der Waals surface area contributed by atoms with E-state index >= 15 is 0 Å². The van der Waals surface area contributed by atoms with Gasteiger partial charge in [-0.15, -0.1) is 11.3 Å². The zero-order valence-electron chi connectivity index (χ0n) is 11.7. The summed E-state index contributed by atoms with van der Waals surface area (Å²) in [6.07, 6.45) is 0.887. The molecule has 2 rings (SSSR count). The van der Waals surface area contributed by atoms with Gasteiger partial charge in [0.2, 0.25) is 0 Å². The Balaban J connectivity index is 1.88. The van der Waals surface area contributed by atoms with E-state index in [0.29, 0.717) is 29.0 Å². The summed E-state index contributed by atoms with van der Waals surface area (Å²) in [5.41, 5.74) is 1.02. The van der Waals surface area contributed by atoms with Gasteiger partial charge in [-0.05, 0) is 42.1 Å². The molecule has 0 atom stereocenters. The van der Waals surface area contributed by atoms with Crippen molar-refractivity contribution >= 4 is 28.9 Å². The van der Waals surface area contributed by atoms with Crippen LogP contribution in [0.3, 0.4) is 0 Å². The van der Waals surface area contributed by atoms with Crippen molar-refractivity contribution in [2.45, 2.75) is 12.8 Å². The number of hydrogen-bond donors (Lipinski definition) is 1. The average Bonchev–Trinajstić information content (AvgIpc) is 3.06. The highest BCUT2D eigenvalue weighted by atomic mass is 32.1. The molecule has 112 valence electrons. The van der Waals surface area contributed by atoms with Crippen LogP contribution in [0.4, 0.5) is 5.69 Å². The topological polar surface area (TPSA) is 79.2 Å². The number of hydrogen-bond acceptors (Lipinski definition) is 5. The standard InChI is InChI=1S/C16H14N2O3S/c17-9-1-2-10-21-16(20)12-5-7-13(8-6-12)18-15(19)14-4-3-11-22-14/h3-8,11H,1-2,10H2,(H,18,19). The first-order chi connectivity index (χ1) is 10.7. The number of carbonyl (C=O) groups excluding carboxylic acids is 2. The third kappa shape index (κ3) is 4.43. The molecule has 0 radical (unpaired) electrons. The lowest BCUT2D eigenvalue weighted by atomic mass is 10.2. The second-order valence-corrected chi connectivity index (χ2v) is 5.35. The summed E-state index contributed by atoms with van der Waals surface area (Å²) in [5.74, 6) is -0.615. The molecule has 1 amide bonds. The minimum Gasteiger partial charge on any atom is -0.462 e. The van der Waals surface area contributed by atoms with Crippen LogP contribution < -0.4 is 5.32 Å². The van der Waals surface area contributed by atoms with Gasteiger partial charge in [0.1, 0.15) is 0 Å². The molecule has 5 nitrogen and oxygen atoms in total. The van der Waals surface area contributed by atoms with E-state index in [9.17, 15) is 9.59 Å². The summed E-state index contributed by atoms with van der Waals surface area (Å²) in [6.45, 7) is 0.225. The first-order valence-corrected chi connectivity index (χ1v) is 7.57. The zero-order valence-corrected chi connectivity index (χ0v) is 12.6. The van der Waals surface area contributed by atoms with Crippen molar-refractivity contribution in [3.8, 4) is 6.07 Å². The number of rotatable bonds is 6. The summed E-state index contributed by atoms with van der Waals surface area (Å²) in [7, 11) is 0. The van der Waals surface area contributed by atoms with Crippen LogP contribution in [0.5, 0.6) is 0 Å². The van der Waals surface area contributed by atoms with Gasteiger partial charge in [0.25, 0.3) is 5.91 Å². The van der Waals surface area contributed by atoms with Crippen molar-refractivity contribution in [2.24, 2.45) is 0 Å². The Morgan fingerprint density at radius 3 is 2.64 bits per heavy atom. The quantitative estimate of drug-likeness (QED) is 0.654. The molecular weight excluding hydrogens is 300 g/mol. The Labute approximate surface area is 132 Å². The highest BCUT2D eigenvalue weighted by Gasteiger charge is 2.09. The molecule has 0 spiro atoms. The molecule has 1 aromatic carbocycles. The number of nitrogens with zero attached hydrogens (tertiary/aromatic N) is 1. The number of esters is 1. The fourth-order valence-corrected chi connectivity index (χ4v) is 2.31. The predicted octanol–water partition coefficient (Wildman–Crippen LogP) is 3.46. The van der Waals surface area contributed by atoms with E-state index in [0.717, 1.165) is 0 Å². The zero-order chi connectivity index (χ0) is 15.8. The van der Waals surface area contributed by atoms with Crippen molar-refractivity contribution in [1.82, 2.24) is 0 Å². The Bertz CT molecular complexity index is 672. The molecule has 0 fully saturated rings. The number of ether oxygens (including phenoxy) is 1. The number of benzene rings is 1. The number of amides is 1. The number of anilines is 1. The van der Waals surface area contributed by atoms with Crippen molar-refractivity contribution < 1.29 is 14.3 Å². The number of unbranched alkanes of at least 4 members (excludes halogenated alkanes) is 1. The summed E-state index contributed by atoms with van der Waals surface area (Å²) in [5, 5.41) is 13.0. The van der Waals surface area contributed by atoms with Gasteiger partial charge >= 0.3 is 5.97 Å². The fraction of sp³-hybridized carbons (Fsp3) is 0.188. The number of nitriles is 1. The molecule has 0 aliphatic carbocycles. The average molecular weight is 314 g/mol. The lowest BCUT2D eigenvalue weighted by Crippen LogP contribution is -2.10. The summed E-state index contributed by atoms with van der Waals surface area (Å²) < 4.78 is 5.03. The van der Waals surface area contributed by atoms with Crippen LogP contribution >= 0.6 is 11.3 Å². The molecule has 2 aromatic rings. The molecule has 0 aliphatic heterocycles. The molecule has 1 N–H and O–H groups in total. The van der Waals surface area contributed by atoms with Crippen LogP contribution in [-0.2, 0) is 4.74 Å². The third-order valence-corrected chi connectivity index (χ3v) is 3.66. The predicted molar refractivity (Wildman–Crippen MR) is 83.8 cm³/mol. The van der Waals surface area contributed by atoms with E-state index in [1.54, 1.807) is 30.3 Å². The van der Waals surface area contributed by atoms with Gasteiger partial charge in [-0.3, -0.25) is 4.79 Å². The van der Waals surface area contributed by atoms with Crippen LogP contribution in [0, 0.1) is 11.3 Å². The first-order valence-electron chi connectivity index (χ1n) is 6.69. The maximum atomic E-state index is 11.9. The van der Waals surface area contributed by atoms with E-state index in [-0.39, 0.29) is 12.5 Å². The van der Waals surface area contributed by atoms with Gasteiger partial charge in [0.05, 0.1) is 23.1 Å². The van der Waals surface area contributed by atoms with Gasteiger partial charge in [-0.1, -0.05) is 6.07 Å². The van der Waals surface area contributed by atoms with E-state index in [1.807, 2.05) is 17.5 Å². The summed E-state index contributed by atoms with van der Waals surface area (Å²) >= 11 is 1.36. The summed E-state index contributed by atoms with van der Waals surface area (Å²) in [4.78, 5) is 24.2. The maximum absolute atomic E-state index is 11.9. The lowest BCUT2D eigenvalue weighted by molar-refractivity contribution is 0.0501. The molecule has 22 heavy (non-hydrogen) atoms. The van der Waals surface area contributed by atoms with Gasteiger partial charge in [0.15, 0.2) is 0 Å².